The van der Waals surface area contributed by atoms with Gasteiger partial charge in [0, 0.05) is 0 Å². The van der Waals surface area contributed by atoms with Crippen LogP contribution in [0.1, 0.15) is 0 Å². The predicted octanol–water partition coefficient (Wildman–Crippen LogP) is -0.231. The Morgan fingerprint density at radius 1 is 0.609 bits per heavy atom. The molecule has 0 amide bonds. The molecule has 0 N–H and O–H groups in total. The first-order chi connectivity index (χ1) is 10.7. The summed E-state index contributed by atoms with van der Waals surface area (Å²) in [5, 5.41) is 26.4. The van der Waals surface area contributed by atoms with Crippen LogP contribution in [-0.2, 0) is 32.6 Å². The van der Waals surface area contributed by atoms with E-state index in [2.05, 4.69) is 28.1 Å². The minimum Gasteiger partial charge on any atom is -0.311 e. The van der Waals surface area contributed by atoms with Crippen LogP contribution in [0.3, 0.4) is 0 Å². The first-order valence-corrected chi connectivity index (χ1v) is 7.07. The van der Waals surface area contributed by atoms with Crippen molar-refractivity contribution in [1.29, 1.82) is 0 Å². The highest BCUT2D eigenvalue weighted by molar-refractivity contribution is 7.48. The van der Waals surface area contributed by atoms with E-state index in [1.54, 1.807) is 0 Å². The van der Waals surface area contributed by atoms with Gasteiger partial charge in [0.05, 0.1) is 19.8 Å². The summed E-state index contributed by atoms with van der Waals surface area (Å²) in [5.41, 5.74) is 0. The second kappa shape index (κ2) is 11.3. The van der Waals surface area contributed by atoms with Gasteiger partial charge < -0.3 is 14.5 Å². The van der Waals surface area contributed by atoms with E-state index in [4.69, 9.17) is 0 Å². The van der Waals surface area contributed by atoms with Crippen LogP contribution in [0.5, 0.6) is 0 Å². The van der Waals surface area contributed by atoms with Crippen LogP contribution in [0, 0.1) is 30.3 Å². The van der Waals surface area contributed by atoms with Crippen molar-refractivity contribution in [2.24, 2.45) is 0 Å². The van der Waals surface area contributed by atoms with Gasteiger partial charge in [-0.15, -0.1) is 30.3 Å². The van der Waals surface area contributed by atoms with Gasteiger partial charge in [-0.2, -0.15) is 0 Å². The molecule has 0 aliphatic rings. The van der Waals surface area contributed by atoms with E-state index in [-0.39, 0.29) is 0 Å². The summed E-state index contributed by atoms with van der Waals surface area (Å²) in [6.45, 7) is -3.53. The Labute approximate surface area is 127 Å². The molecule has 0 unspecified atom stereocenters. The molecular weight excluding hydrogens is 353 g/mol. The highest BCUT2D eigenvalue weighted by atomic mass is 31.2. The highest BCUT2D eigenvalue weighted by Crippen LogP contribution is 2.49. The molecule has 0 atom stereocenters. The van der Waals surface area contributed by atoms with Gasteiger partial charge in [0.25, 0.3) is 15.3 Å². The molecule has 0 saturated heterocycles. The molecule has 0 fully saturated rings. The third-order valence-corrected chi connectivity index (χ3v) is 3.08. The summed E-state index contributed by atoms with van der Waals surface area (Å²) in [7, 11) is -4.31. The molecule has 0 saturated carbocycles. The molecule has 0 aliphatic carbocycles. The smallest absolute Gasteiger partial charge is 0.311 e. The van der Waals surface area contributed by atoms with E-state index in [0.717, 1.165) is 0 Å². The molecule has 0 rings (SSSR count). The van der Waals surface area contributed by atoms with Gasteiger partial charge >= 0.3 is 7.82 Å². The Kier molecular flexibility index (Phi) is 10.2. The van der Waals surface area contributed by atoms with E-state index in [9.17, 15) is 34.9 Å². The van der Waals surface area contributed by atoms with E-state index < -0.39 is 62.7 Å². The van der Waals surface area contributed by atoms with E-state index >= 15 is 0 Å². The minimum atomic E-state index is -4.31. The van der Waals surface area contributed by atoms with Crippen molar-refractivity contribution >= 4 is 7.82 Å². The van der Waals surface area contributed by atoms with Gasteiger partial charge in [0.2, 0.25) is 0 Å². The Morgan fingerprint density at radius 2 is 0.870 bits per heavy atom. The second-order valence-corrected chi connectivity index (χ2v) is 4.79. The van der Waals surface area contributed by atoms with Gasteiger partial charge in [0.15, 0.2) is 0 Å². The largest absolute Gasteiger partial charge is 0.474 e. The average Bonchev–Trinajstić information content (AvgIpc) is 2.44. The average molecular weight is 365 g/mol. The van der Waals surface area contributed by atoms with Crippen molar-refractivity contribution < 1.29 is 47.9 Å². The molecule has 0 aromatic carbocycles. The zero-order chi connectivity index (χ0) is 17.7. The molecule has 0 spiro atoms. The van der Waals surface area contributed by atoms with E-state index in [1.807, 2.05) is 0 Å². The minimum absolute atomic E-state index is 0.579. The molecule has 0 aromatic heterocycles. The summed E-state index contributed by atoms with van der Waals surface area (Å²) in [6.07, 6.45) is 0. The first-order valence-electron chi connectivity index (χ1n) is 5.61. The van der Waals surface area contributed by atoms with Crippen LogP contribution in [0.15, 0.2) is 0 Å². The topological polar surface area (TPSA) is 202 Å². The zero-order valence-electron chi connectivity index (χ0n) is 11.3. The fraction of sp³-hybridized carbons (Fsp3) is 1.00. The Hall–Kier alpha value is -2.29. The van der Waals surface area contributed by atoms with E-state index in [1.165, 1.54) is 0 Å². The standard InChI is InChI=1S/C6H12N3O13P/c10-7(11)17-1-4-20-23(16,21-5-2-18-8(12)13)22-6-3-19-9(14)15/h1-6H2. The van der Waals surface area contributed by atoms with Crippen LogP contribution >= 0.6 is 7.82 Å². The fourth-order valence-electron chi connectivity index (χ4n) is 0.894. The van der Waals surface area contributed by atoms with Crippen molar-refractivity contribution in [2.45, 2.75) is 0 Å². The lowest BCUT2D eigenvalue weighted by Gasteiger charge is -2.17. The summed E-state index contributed by atoms with van der Waals surface area (Å²) < 4.78 is 25.9. The predicted molar refractivity (Wildman–Crippen MR) is 64.3 cm³/mol. The van der Waals surface area contributed by atoms with Crippen molar-refractivity contribution in [3.63, 3.8) is 0 Å². The Bertz CT molecular complexity index is 382. The number of hydrogen-bond donors (Lipinski definition) is 0. The molecule has 0 bridgehead atoms. The summed E-state index contributed by atoms with van der Waals surface area (Å²) >= 11 is 0. The van der Waals surface area contributed by atoms with Crippen LogP contribution in [0.4, 0.5) is 0 Å². The second-order valence-electron chi connectivity index (χ2n) is 3.12. The van der Waals surface area contributed by atoms with E-state index in [0.29, 0.717) is 0 Å². The van der Waals surface area contributed by atoms with Crippen LogP contribution < -0.4 is 0 Å². The Morgan fingerprint density at radius 3 is 1.09 bits per heavy atom. The van der Waals surface area contributed by atoms with Crippen molar-refractivity contribution in [3.05, 3.63) is 30.3 Å². The summed E-state index contributed by atoms with van der Waals surface area (Å²) in [4.78, 5) is 41.4. The molecular formula is C6H12N3O13P. The summed E-state index contributed by atoms with van der Waals surface area (Å²) in [5.74, 6) is 0. The highest BCUT2D eigenvalue weighted by Gasteiger charge is 2.27. The van der Waals surface area contributed by atoms with Crippen LogP contribution in [0.2, 0.25) is 0 Å². The maximum atomic E-state index is 12.0. The number of rotatable bonds is 15. The maximum absolute atomic E-state index is 12.0. The van der Waals surface area contributed by atoms with Gasteiger partial charge in [-0.3, -0.25) is 13.6 Å². The van der Waals surface area contributed by atoms with Gasteiger partial charge in [-0.1, -0.05) is 0 Å². The van der Waals surface area contributed by atoms with Crippen LogP contribution in [0.25, 0.3) is 0 Å². The van der Waals surface area contributed by atoms with Gasteiger partial charge in [-0.25, -0.2) is 4.57 Å². The van der Waals surface area contributed by atoms with Gasteiger partial charge in [-0.05, 0) is 0 Å². The lowest BCUT2D eigenvalue weighted by molar-refractivity contribution is -0.758. The molecule has 0 heterocycles. The van der Waals surface area contributed by atoms with Crippen molar-refractivity contribution in [2.75, 3.05) is 39.6 Å². The molecule has 23 heavy (non-hydrogen) atoms. The molecule has 0 radical (unpaired) electrons. The quantitative estimate of drug-likeness (QED) is 0.159. The SMILES string of the molecule is O=[N+]([O-])OCCOP(=O)(OCCO[N+](=O)[O-])OCCO[N+](=O)[O-]. The molecule has 0 aromatic rings. The molecule has 16 nitrogen and oxygen atoms in total. The maximum Gasteiger partial charge on any atom is 0.474 e. The monoisotopic (exact) mass is 365 g/mol. The normalized spacial score (nSPS) is 10.8. The third-order valence-electron chi connectivity index (χ3n) is 1.59. The van der Waals surface area contributed by atoms with Crippen molar-refractivity contribution in [1.82, 2.24) is 0 Å². The lowest BCUT2D eigenvalue weighted by Crippen LogP contribution is -2.14. The molecule has 17 heteroatoms. The van der Waals surface area contributed by atoms with Gasteiger partial charge in [0.1, 0.15) is 19.8 Å². The summed E-state index contributed by atoms with van der Waals surface area (Å²) in [6, 6.07) is 0. The number of phosphoric ester groups is 1. The molecule has 0 aliphatic heterocycles. The first kappa shape index (κ1) is 20.7. The zero-order valence-corrected chi connectivity index (χ0v) is 12.2. The lowest BCUT2D eigenvalue weighted by atomic mass is 10.8. The fourth-order valence-corrected chi connectivity index (χ4v) is 2.01. The number of phosphoric acid groups is 1. The number of hydrogen-bond acceptors (Lipinski definition) is 13. The third kappa shape index (κ3) is 13.1. The number of nitrogens with zero attached hydrogens (tertiary/aromatic N) is 3. The van der Waals surface area contributed by atoms with Crippen molar-refractivity contribution in [3.8, 4) is 0 Å². The Balaban J connectivity index is 4.26. The van der Waals surface area contributed by atoms with Crippen LogP contribution in [-0.4, -0.2) is 54.9 Å². The molecule has 134 valence electrons.